The second kappa shape index (κ2) is 6.73. The Kier molecular flexibility index (Phi) is 4.87. The Morgan fingerprint density at radius 1 is 0.906 bits per heavy atom. The fourth-order valence-corrected chi connectivity index (χ4v) is 10.4. The van der Waals surface area contributed by atoms with Gasteiger partial charge in [0.15, 0.2) is 0 Å². The summed E-state index contributed by atoms with van der Waals surface area (Å²) in [6.07, 6.45) is 14.2. The monoisotopic (exact) mass is 440 g/mol. The van der Waals surface area contributed by atoms with Crippen molar-refractivity contribution >= 4 is 5.78 Å². The van der Waals surface area contributed by atoms with Gasteiger partial charge in [0.2, 0.25) is 0 Å². The van der Waals surface area contributed by atoms with Gasteiger partial charge in [0.1, 0.15) is 5.78 Å². The Hall–Kier alpha value is -0.630. The maximum Gasteiger partial charge on any atom is 0.138 e. The van der Waals surface area contributed by atoms with Crippen molar-refractivity contribution in [2.24, 2.45) is 50.2 Å². The van der Waals surface area contributed by atoms with E-state index in [9.17, 15) is 9.90 Å². The van der Waals surface area contributed by atoms with Gasteiger partial charge < -0.3 is 5.11 Å². The highest BCUT2D eigenvalue weighted by atomic mass is 16.3. The van der Waals surface area contributed by atoms with Crippen LogP contribution in [0.2, 0.25) is 0 Å². The number of allylic oxidation sites excluding steroid dienone is 2. The van der Waals surface area contributed by atoms with Crippen molar-refractivity contribution in [3.05, 3.63) is 11.6 Å². The van der Waals surface area contributed by atoms with E-state index in [2.05, 4.69) is 54.5 Å². The van der Waals surface area contributed by atoms with Crippen LogP contribution in [0, 0.1) is 50.2 Å². The number of carbonyl (C=O) groups is 1. The molecule has 0 aromatic carbocycles. The molecule has 7 atom stereocenters. The second-order valence-corrected chi connectivity index (χ2v) is 14.9. The maximum absolute atomic E-state index is 12.9. The Labute approximate surface area is 197 Å². The van der Waals surface area contributed by atoms with Gasteiger partial charge in [-0.1, -0.05) is 60.1 Å². The van der Waals surface area contributed by atoms with Crippen LogP contribution in [0.1, 0.15) is 113 Å². The van der Waals surface area contributed by atoms with Gasteiger partial charge in [0, 0.05) is 23.9 Å². The third-order valence-electron chi connectivity index (χ3n) is 12.9. The summed E-state index contributed by atoms with van der Waals surface area (Å²) in [5.41, 5.74) is 2.81. The van der Waals surface area contributed by atoms with Crippen LogP contribution in [0.4, 0.5) is 0 Å². The lowest BCUT2D eigenvalue weighted by Gasteiger charge is -2.70. The SMILES string of the molecule is CC1(C)CC[C@]2(CO)CC[C@]3(C)C(=CC[C@@H]4[C@@]5(C)CCC(=O)C(C)(C)[C@@H]5CC[C@]43C)[C@@H]2C1. The van der Waals surface area contributed by atoms with Crippen molar-refractivity contribution in [2.45, 2.75) is 113 Å². The van der Waals surface area contributed by atoms with E-state index in [0.29, 0.717) is 41.0 Å². The molecule has 2 heteroatoms. The molecule has 5 rings (SSSR count). The third kappa shape index (κ3) is 2.71. The summed E-state index contributed by atoms with van der Waals surface area (Å²) in [5, 5.41) is 10.6. The zero-order valence-corrected chi connectivity index (χ0v) is 21.9. The Balaban J connectivity index is 1.59. The van der Waals surface area contributed by atoms with E-state index >= 15 is 0 Å². The van der Waals surface area contributed by atoms with Crippen LogP contribution in [0.5, 0.6) is 0 Å². The minimum absolute atomic E-state index is 0.115. The molecule has 4 fully saturated rings. The molecule has 1 N–H and O–H groups in total. The standard InChI is InChI=1S/C30H48O2/c1-25(2)14-16-30(19-31)17-15-28(6)20(21(30)18-25)8-9-23-27(5)12-11-24(32)26(3,4)22(27)10-13-29(23,28)7/h8,21-23,31H,9-19H2,1-7H3/t21-,22-,23+,27-,28+,29+,30+/m0/s1. The molecule has 32 heavy (non-hydrogen) atoms. The van der Waals surface area contributed by atoms with Gasteiger partial charge in [-0.05, 0) is 97.2 Å². The van der Waals surface area contributed by atoms with E-state index in [4.69, 9.17) is 0 Å². The van der Waals surface area contributed by atoms with Gasteiger partial charge in [-0.3, -0.25) is 4.79 Å². The lowest BCUT2D eigenvalue weighted by molar-refractivity contribution is -0.186. The number of ketones is 1. The summed E-state index contributed by atoms with van der Waals surface area (Å²) in [7, 11) is 0. The van der Waals surface area contributed by atoms with Crippen LogP contribution < -0.4 is 0 Å². The van der Waals surface area contributed by atoms with Crippen LogP contribution in [-0.2, 0) is 4.79 Å². The minimum atomic E-state index is -0.175. The molecule has 0 bridgehead atoms. The first-order chi connectivity index (χ1) is 14.8. The molecule has 180 valence electrons. The molecule has 0 unspecified atom stereocenters. The average molecular weight is 441 g/mol. The van der Waals surface area contributed by atoms with Gasteiger partial charge in [-0.25, -0.2) is 0 Å². The van der Waals surface area contributed by atoms with Crippen molar-refractivity contribution < 1.29 is 9.90 Å². The molecule has 2 nitrogen and oxygen atoms in total. The lowest BCUT2D eigenvalue weighted by Crippen LogP contribution is -2.64. The fraction of sp³-hybridized carbons (Fsp3) is 0.900. The van der Waals surface area contributed by atoms with Gasteiger partial charge in [-0.2, -0.15) is 0 Å². The molecule has 5 aliphatic carbocycles. The Morgan fingerprint density at radius 2 is 1.59 bits per heavy atom. The molecule has 0 spiro atoms. The predicted molar refractivity (Wildman–Crippen MR) is 131 cm³/mol. The first kappa shape index (κ1) is 23.1. The molecule has 0 aromatic rings. The summed E-state index contributed by atoms with van der Waals surface area (Å²) < 4.78 is 0. The quantitative estimate of drug-likeness (QED) is 0.433. The van der Waals surface area contributed by atoms with Gasteiger partial charge >= 0.3 is 0 Å². The predicted octanol–water partition coefficient (Wildman–Crippen LogP) is 7.35. The maximum atomic E-state index is 12.9. The van der Waals surface area contributed by atoms with E-state index in [0.717, 1.165) is 12.8 Å². The van der Waals surface area contributed by atoms with Crippen LogP contribution >= 0.6 is 0 Å². The fourth-order valence-electron chi connectivity index (χ4n) is 10.4. The highest BCUT2D eigenvalue weighted by molar-refractivity contribution is 5.85. The number of carbonyl (C=O) groups excluding carboxylic acids is 1. The number of Topliss-reactive ketones (excluding diaryl/α,β-unsaturated/α-hetero) is 1. The molecule has 4 saturated carbocycles. The number of rotatable bonds is 1. The Bertz CT molecular complexity index is 851. The normalized spacial score (nSPS) is 51.6. The molecule has 0 aliphatic heterocycles. The van der Waals surface area contributed by atoms with Crippen LogP contribution in [0.15, 0.2) is 11.6 Å². The molecular weight excluding hydrogens is 392 g/mol. The molecule has 0 aromatic heterocycles. The summed E-state index contributed by atoms with van der Waals surface area (Å²) in [5.74, 6) is 2.22. The van der Waals surface area contributed by atoms with Gasteiger partial charge in [0.25, 0.3) is 0 Å². The first-order valence-corrected chi connectivity index (χ1v) is 13.6. The van der Waals surface area contributed by atoms with Crippen LogP contribution in [0.25, 0.3) is 0 Å². The molecule has 0 radical (unpaired) electrons. The highest BCUT2D eigenvalue weighted by Crippen LogP contribution is 2.75. The molecule has 0 saturated heterocycles. The average Bonchev–Trinajstić information content (AvgIpc) is 2.71. The summed E-state index contributed by atoms with van der Waals surface area (Å²) in [6.45, 7) is 17.5. The van der Waals surface area contributed by atoms with Crippen molar-refractivity contribution in [3.63, 3.8) is 0 Å². The highest BCUT2D eigenvalue weighted by Gasteiger charge is 2.68. The Morgan fingerprint density at radius 3 is 2.28 bits per heavy atom. The van der Waals surface area contributed by atoms with E-state index in [1.165, 1.54) is 51.4 Å². The molecule has 0 amide bonds. The van der Waals surface area contributed by atoms with Crippen molar-refractivity contribution in [1.82, 2.24) is 0 Å². The largest absolute Gasteiger partial charge is 0.396 e. The van der Waals surface area contributed by atoms with E-state index in [1.54, 1.807) is 5.57 Å². The second-order valence-electron chi connectivity index (χ2n) is 14.9. The third-order valence-corrected chi connectivity index (χ3v) is 12.9. The number of hydrogen-bond donors (Lipinski definition) is 1. The number of fused-ring (bicyclic) bond motifs is 7. The van der Waals surface area contributed by atoms with E-state index in [-0.39, 0.29) is 21.7 Å². The summed E-state index contributed by atoms with van der Waals surface area (Å²) in [6, 6.07) is 0. The van der Waals surface area contributed by atoms with E-state index in [1.807, 2.05) is 0 Å². The topological polar surface area (TPSA) is 37.3 Å². The van der Waals surface area contributed by atoms with E-state index < -0.39 is 0 Å². The van der Waals surface area contributed by atoms with Crippen molar-refractivity contribution in [1.29, 1.82) is 0 Å². The van der Waals surface area contributed by atoms with Crippen molar-refractivity contribution in [3.8, 4) is 0 Å². The van der Waals surface area contributed by atoms with Gasteiger partial charge in [-0.15, -0.1) is 0 Å². The van der Waals surface area contributed by atoms with Gasteiger partial charge in [0.05, 0.1) is 0 Å². The smallest absolute Gasteiger partial charge is 0.138 e. The molecule has 5 aliphatic rings. The number of hydrogen-bond acceptors (Lipinski definition) is 2. The summed E-state index contributed by atoms with van der Waals surface area (Å²) >= 11 is 0. The minimum Gasteiger partial charge on any atom is -0.396 e. The van der Waals surface area contributed by atoms with Crippen molar-refractivity contribution in [2.75, 3.05) is 6.61 Å². The molecular formula is C30H48O2. The lowest BCUT2D eigenvalue weighted by atomic mass is 9.33. The first-order valence-electron chi connectivity index (χ1n) is 13.6. The zero-order chi connectivity index (χ0) is 23.4. The number of aliphatic hydroxyl groups excluding tert-OH is 1. The summed E-state index contributed by atoms with van der Waals surface area (Å²) in [4.78, 5) is 12.9. The van der Waals surface area contributed by atoms with Crippen LogP contribution in [0.3, 0.4) is 0 Å². The van der Waals surface area contributed by atoms with Crippen LogP contribution in [-0.4, -0.2) is 17.5 Å². The molecule has 0 heterocycles. The number of aliphatic hydroxyl groups is 1. The zero-order valence-electron chi connectivity index (χ0n) is 21.9.